The Morgan fingerprint density at radius 2 is 1.84 bits per heavy atom. The number of nitrogens with zero attached hydrogens (tertiary/aromatic N) is 3. The van der Waals surface area contributed by atoms with Crippen LogP contribution < -0.4 is 4.74 Å². The van der Waals surface area contributed by atoms with Gasteiger partial charge in [0.1, 0.15) is 18.0 Å². The van der Waals surface area contributed by atoms with Gasteiger partial charge in [0.2, 0.25) is 11.8 Å². The van der Waals surface area contributed by atoms with E-state index < -0.39 is 5.60 Å². The minimum atomic E-state index is -0.886. The Balaban J connectivity index is 1.76. The second-order valence-corrected chi connectivity index (χ2v) is 9.35. The average Bonchev–Trinajstić information content (AvgIpc) is 2.79. The number of benzene rings is 1. The van der Waals surface area contributed by atoms with Gasteiger partial charge in [-0.15, -0.1) is 0 Å². The first-order valence-corrected chi connectivity index (χ1v) is 12.0. The molecule has 1 atom stereocenters. The molecule has 178 valence electrons. The summed E-state index contributed by atoms with van der Waals surface area (Å²) in [5.41, 5.74) is -0.886. The molecule has 2 saturated heterocycles. The van der Waals surface area contributed by atoms with Crippen LogP contribution in [0.25, 0.3) is 0 Å². The van der Waals surface area contributed by atoms with Gasteiger partial charge < -0.3 is 24.2 Å². The summed E-state index contributed by atoms with van der Waals surface area (Å²) >= 11 is 6.10. The first kappa shape index (κ1) is 24.8. The molecule has 8 heteroatoms. The molecule has 3 rings (SSSR count). The molecule has 32 heavy (non-hydrogen) atoms. The topological polar surface area (TPSA) is 62.3 Å². The van der Waals surface area contributed by atoms with Gasteiger partial charge in [-0.25, -0.2) is 0 Å². The standard InChI is InChI=1S/C24H36ClN3O4/c1-4-19(5-2)23(30)28-13-14-32-24(17-28,18-31-21-8-6-7-20(25)15-21)16-22(29)27-11-9-26(3)10-12-27/h6-8,15,19H,4-5,9-14,16-18H2,1-3H3/t24-/m1/s1. The Hall–Kier alpha value is -1.83. The Bertz CT molecular complexity index is 780. The molecule has 2 aliphatic rings. The minimum Gasteiger partial charge on any atom is -0.490 e. The molecule has 2 amide bonds. The molecule has 0 aliphatic carbocycles. The van der Waals surface area contributed by atoms with Crippen LogP contribution in [0.1, 0.15) is 33.1 Å². The molecule has 1 aromatic carbocycles. The largest absolute Gasteiger partial charge is 0.490 e. The van der Waals surface area contributed by atoms with Gasteiger partial charge in [0.05, 0.1) is 19.6 Å². The number of carbonyl (C=O) groups excluding carboxylic acids is 2. The Morgan fingerprint density at radius 1 is 1.12 bits per heavy atom. The molecule has 2 heterocycles. The van der Waals surface area contributed by atoms with E-state index in [1.165, 1.54) is 0 Å². The van der Waals surface area contributed by atoms with E-state index in [1.807, 2.05) is 35.8 Å². The van der Waals surface area contributed by atoms with Crippen molar-refractivity contribution in [3.8, 4) is 5.75 Å². The lowest BCUT2D eigenvalue weighted by molar-refractivity contribution is -0.168. The van der Waals surface area contributed by atoms with Crippen molar-refractivity contribution in [2.24, 2.45) is 5.92 Å². The minimum absolute atomic E-state index is 0.00650. The number of hydrogen-bond acceptors (Lipinski definition) is 5. The molecule has 0 saturated carbocycles. The van der Waals surface area contributed by atoms with Crippen molar-refractivity contribution in [2.45, 2.75) is 38.7 Å². The quantitative estimate of drug-likeness (QED) is 0.590. The van der Waals surface area contributed by atoms with E-state index in [1.54, 1.807) is 12.1 Å². The lowest BCUT2D eigenvalue weighted by Crippen LogP contribution is -2.59. The van der Waals surface area contributed by atoms with Crippen LogP contribution >= 0.6 is 11.6 Å². The van der Waals surface area contributed by atoms with Crippen LogP contribution in [0.15, 0.2) is 24.3 Å². The summed E-state index contributed by atoms with van der Waals surface area (Å²) < 4.78 is 12.3. The molecule has 1 aromatic rings. The maximum Gasteiger partial charge on any atom is 0.225 e. The fourth-order valence-electron chi connectivity index (χ4n) is 4.39. The lowest BCUT2D eigenvalue weighted by Gasteiger charge is -2.44. The van der Waals surface area contributed by atoms with Crippen LogP contribution in [0, 0.1) is 5.92 Å². The fourth-order valence-corrected chi connectivity index (χ4v) is 4.57. The van der Waals surface area contributed by atoms with Crippen LogP contribution in [-0.4, -0.2) is 91.6 Å². The van der Waals surface area contributed by atoms with Gasteiger partial charge in [0.15, 0.2) is 0 Å². The zero-order valence-corrected chi connectivity index (χ0v) is 20.3. The first-order chi connectivity index (χ1) is 15.4. The SMILES string of the molecule is CCC(CC)C(=O)N1CCO[C@](COc2cccc(Cl)c2)(CC(=O)N2CCN(C)CC2)C1. The third-order valence-electron chi connectivity index (χ3n) is 6.52. The maximum absolute atomic E-state index is 13.2. The van der Waals surface area contributed by atoms with E-state index >= 15 is 0 Å². The van der Waals surface area contributed by atoms with Crippen LogP contribution in [0.4, 0.5) is 0 Å². The van der Waals surface area contributed by atoms with Crippen molar-refractivity contribution in [1.29, 1.82) is 0 Å². The smallest absolute Gasteiger partial charge is 0.225 e. The van der Waals surface area contributed by atoms with Crippen LogP contribution in [0.5, 0.6) is 5.75 Å². The summed E-state index contributed by atoms with van der Waals surface area (Å²) in [6.45, 7) is 8.67. The highest BCUT2D eigenvalue weighted by Gasteiger charge is 2.43. The monoisotopic (exact) mass is 465 g/mol. The number of amides is 2. The predicted octanol–water partition coefficient (Wildman–Crippen LogP) is 2.92. The van der Waals surface area contributed by atoms with E-state index in [-0.39, 0.29) is 30.8 Å². The zero-order valence-electron chi connectivity index (χ0n) is 19.5. The fraction of sp³-hybridized carbons (Fsp3) is 0.667. The number of rotatable bonds is 8. The van der Waals surface area contributed by atoms with Crippen molar-refractivity contribution >= 4 is 23.4 Å². The summed E-state index contributed by atoms with van der Waals surface area (Å²) in [6.07, 6.45) is 1.79. The summed E-state index contributed by atoms with van der Waals surface area (Å²) in [5.74, 6) is 0.797. The van der Waals surface area contributed by atoms with Gasteiger partial charge in [0.25, 0.3) is 0 Å². The van der Waals surface area contributed by atoms with Crippen LogP contribution in [0.3, 0.4) is 0 Å². The molecule has 0 N–H and O–H groups in total. The number of halogens is 1. The van der Waals surface area contributed by atoms with Crippen LogP contribution in [0.2, 0.25) is 5.02 Å². The Labute approximate surface area is 196 Å². The van der Waals surface area contributed by atoms with Gasteiger partial charge in [-0.1, -0.05) is 31.5 Å². The zero-order chi connectivity index (χ0) is 23.1. The molecule has 7 nitrogen and oxygen atoms in total. The molecular weight excluding hydrogens is 430 g/mol. The molecule has 0 radical (unpaired) electrons. The van der Waals surface area contributed by atoms with Crippen molar-refractivity contribution in [2.75, 3.05) is 59.5 Å². The van der Waals surface area contributed by atoms with Gasteiger partial charge in [-0.2, -0.15) is 0 Å². The molecule has 2 aliphatic heterocycles. The number of piperazine rings is 1. The normalized spacial score (nSPS) is 22.3. The van der Waals surface area contributed by atoms with Crippen molar-refractivity contribution in [3.63, 3.8) is 0 Å². The summed E-state index contributed by atoms with van der Waals surface area (Å²) in [7, 11) is 2.06. The predicted molar refractivity (Wildman–Crippen MR) is 125 cm³/mol. The van der Waals surface area contributed by atoms with Crippen molar-refractivity contribution in [3.05, 3.63) is 29.3 Å². The average molecular weight is 466 g/mol. The molecule has 0 bridgehead atoms. The maximum atomic E-state index is 13.2. The highest BCUT2D eigenvalue weighted by atomic mass is 35.5. The highest BCUT2D eigenvalue weighted by molar-refractivity contribution is 6.30. The Morgan fingerprint density at radius 3 is 2.50 bits per heavy atom. The number of hydrogen-bond donors (Lipinski definition) is 0. The van der Waals surface area contributed by atoms with Crippen molar-refractivity contribution < 1.29 is 19.1 Å². The molecule has 0 aromatic heterocycles. The first-order valence-electron chi connectivity index (χ1n) is 11.6. The molecule has 0 spiro atoms. The summed E-state index contributed by atoms with van der Waals surface area (Å²) in [5, 5.41) is 0.583. The third-order valence-corrected chi connectivity index (χ3v) is 6.76. The molecule has 2 fully saturated rings. The molecular formula is C24H36ClN3O4. The number of ether oxygens (including phenoxy) is 2. The van der Waals surface area contributed by atoms with Crippen molar-refractivity contribution in [1.82, 2.24) is 14.7 Å². The van der Waals surface area contributed by atoms with E-state index in [4.69, 9.17) is 21.1 Å². The van der Waals surface area contributed by atoms with Crippen LogP contribution in [-0.2, 0) is 14.3 Å². The summed E-state index contributed by atoms with van der Waals surface area (Å²) in [6, 6.07) is 7.18. The Kier molecular flexibility index (Phi) is 8.79. The van der Waals surface area contributed by atoms with Gasteiger partial charge in [0, 0.05) is 43.7 Å². The number of morpholine rings is 1. The molecule has 0 unspecified atom stereocenters. The second kappa shape index (κ2) is 11.3. The van der Waals surface area contributed by atoms with Gasteiger partial charge in [-0.05, 0) is 38.1 Å². The van der Waals surface area contributed by atoms with E-state index in [2.05, 4.69) is 11.9 Å². The highest BCUT2D eigenvalue weighted by Crippen LogP contribution is 2.28. The number of likely N-dealkylation sites (N-methyl/N-ethyl adjacent to an activating group) is 1. The van der Waals surface area contributed by atoms with Gasteiger partial charge in [-0.3, -0.25) is 9.59 Å². The number of carbonyl (C=O) groups is 2. The van der Waals surface area contributed by atoms with E-state index in [0.717, 1.165) is 25.9 Å². The lowest BCUT2D eigenvalue weighted by atomic mass is 9.94. The van der Waals surface area contributed by atoms with Gasteiger partial charge >= 0.3 is 0 Å². The third kappa shape index (κ3) is 6.36. The summed E-state index contributed by atoms with van der Waals surface area (Å²) in [4.78, 5) is 32.3. The van der Waals surface area contributed by atoms with E-state index in [9.17, 15) is 9.59 Å². The second-order valence-electron chi connectivity index (χ2n) is 8.91. The van der Waals surface area contributed by atoms with E-state index in [0.29, 0.717) is 43.6 Å².